The molecule has 7 heteroatoms. The highest BCUT2D eigenvalue weighted by Crippen LogP contribution is 2.40. The number of aliphatic carboxylic acids is 1. The molecule has 166 valence electrons. The van der Waals surface area contributed by atoms with Gasteiger partial charge in [0.05, 0.1) is 5.56 Å². The lowest BCUT2D eigenvalue weighted by molar-refractivity contribution is -0.138. The first kappa shape index (κ1) is 23.0. The maximum atomic E-state index is 13.1. The van der Waals surface area contributed by atoms with Crippen LogP contribution in [0.5, 0.6) is 0 Å². The number of nitrogens with one attached hydrogen (secondary N) is 2. The van der Waals surface area contributed by atoms with Gasteiger partial charge in [-0.2, -0.15) is 0 Å². The highest BCUT2D eigenvalue weighted by Gasteiger charge is 2.29. The zero-order valence-corrected chi connectivity index (χ0v) is 18.9. The van der Waals surface area contributed by atoms with Gasteiger partial charge in [0.1, 0.15) is 5.00 Å². The van der Waals surface area contributed by atoms with Gasteiger partial charge in [-0.1, -0.05) is 50.6 Å². The summed E-state index contributed by atoms with van der Waals surface area (Å²) in [6.45, 7) is 4.35. The van der Waals surface area contributed by atoms with E-state index in [9.17, 15) is 14.4 Å². The molecule has 31 heavy (non-hydrogen) atoms. The Hall–Kier alpha value is -2.67. The number of carbonyl (C=O) groups is 3. The fraction of sp³-hybridized carbons (Fsp3) is 0.458. The Morgan fingerprint density at radius 1 is 1.19 bits per heavy atom. The van der Waals surface area contributed by atoms with E-state index < -0.39 is 5.97 Å². The van der Waals surface area contributed by atoms with Crippen LogP contribution in [0.15, 0.2) is 30.3 Å². The molecule has 2 aromatic rings. The number of amides is 2. The lowest BCUT2D eigenvalue weighted by Crippen LogP contribution is -2.26. The molecule has 3 N–H and O–H groups in total. The van der Waals surface area contributed by atoms with Crippen LogP contribution in [0.1, 0.15) is 65.9 Å². The number of carbonyl (C=O) groups excluding carboxylic acids is 2. The minimum absolute atomic E-state index is 0.0586. The zero-order chi connectivity index (χ0) is 22.4. The summed E-state index contributed by atoms with van der Waals surface area (Å²) in [5.74, 6) is -1.02. The molecule has 1 aromatic carbocycles. The summed E-state index contributed by atoms with van der Waals surface area (Å²) < 4.78 is 0. The molecule has 0 saturated carbocycles. The van der Waals surface area contributed by atoms with Crippen molar-refractivity contribution >= 4 is 34.1 Å². The van der Waals surface area contributed by atoms with E-state index in [1.807, 2.05) is 30.3 Å². The molecule has 3 rings (SSSR count). The third-order valence-corrected chi connectivity index (χ3v) is 6.95. The van der Waals surface area contributed by atoms with Crippen molar-refractivity contribution in [2.24, 2.45) is 11.8 Å². The van der Waals surface area contributed by atoms with Crippen LogP contribution < -0.4 is 10.6 Å². The van der Waals surface area contributed by atoms with E-state index in [1.54, 1.807) is 6.92 Å². The van der Waals surface area contributed by atoms with Gasteiger partial charge in [0, 0.05) is 24.3 Å². The Bertz CT molecular complexity index is 939. The molecular formula is C24H30N2O4S. The van der Waals surface area contributed by atoms with Crippen molar-refractivity contribution in [3.8, 4) is 0 Å². The van der Waals surface area contributed by atoms with Crippen LogP contribution in [0.2, 0.25) is 0 Å². The topological polar surface area (TPSA) is 95.5 Å². The summed E-state index contributed by atoms with van der Waals surface area (Å²) in [5.41, 5.74) is 2.64. The zero-order valence-electron chi connectivity index (χ0n) is 18.1. The van der Waals surface area contributed by atoms with Crippen molar-refractivity contribution in [2.45, 2.75) is 58.9 Å². The molecule has 6 nitrogen and oxygen atoms in total. The molecule has 0 bridgehead atoms. The van der Waals surface area contributed by atoms with Crippen LogP contribution in [0.3, 0.4) is 0 Å². The molecule has 1 aromatic heterocycles. The van der Waals surface area contributed by atoms with Crippen molar-refractivity contribution in [3.05, 3.63) is 51.9 Å². The summed E-state index contributed by atoms with van der Waals surface area (Å²) in [6, 6.07) is 9.72. The van der Waals surface area contributed by atoms with Crippen molar-refractivity contribution in [1.29, 1.82) is 0 Å². The summed E-state index contributed by atoms with van der Waals surface area (Å²) in [7, 11) is 0. The number of fused-ring (bicyclic) bond motifs is 1. The van der Waals surface area contributed by atoms with Crippen molar-refractivity contribution in [3.63, 3.8) is 0 Å². The highest BCUT2D eigenvalue weighted by molar-refractivity contribution is 7.17. The van der Waals surface area contributed by atoms with Crippen molar-refractivity contribution in [2.75, 3.05) is 5.32 Å². The average molecular weight is 443 g/mol. The SMILES string of the molecule is CC[C@H]1CCc2c(sc(NC(=O)C[C@@H](C)CC(=O)O)c2C(=O)NCc2ccccc2)C1. The summed E-state index contributed by atoms with van der Waals surface area (Å²) in [5, 5.41) is 15.4. The summed E-state index contributed by atoms with van der Waals surface area (Å²) in [4.78, 5) is 37.8. The number of benzene rings is 1. The number of thiophene rings is 1. The standard InChI is InChI=1S/C24H30N2O4S/c1-3-16-9-10-18-19(13-16)31-24(26-20(27)11-15(2)12-21(28)29)22(18)23(30)25-14-17-7-5-4-6-8-17/h4-8,15-16H,3,9-14H2,1-2H3,(H,25,30)(H,26,27)(H,28,29)/t15-,16+/m1/s1. The molecule has 0 fully saturated rings. The van der Waals surface area contributed by atoms with Crippen molar-refractivity contribution < 1.29 is 19.5 Å². The third-order valence-electron chi connectivity index (χ3n) is 5.78. The monoisotopic (exact) mass is 442 g/mol. The van der Waals surface area contributed by atoms with E-state index in [1.165, 1.54) is 16.2 Å². The van der Waals surface area contributed by atoms with Gasteiger partial charge in [0.15, 0.2) is 0 Å². The fourth-order valence-corrected chi connectivity index (χ4v) is 5.44. The van der Waals surface area contributed by atoms with Crippen molar-refractivity contribution in [1.82, 2.24) is 5.32 Å². The lowest BCUT2D eigenvalue weighted by atomic mass is 9.85. The Morgan fingerprint density at radius 2 is 1.94 bits per heavy atom. The maximum Gasteiger partial charge on any atom is 0.303 e. The molecule has 0 radical (unpaired) electrons. The van der Waals surface area contributed by atoms with Crippen LogP contribution in [0.25, 0.3) is 0 Å². The second-order valence-electron chi connectivity index (χ2n) is 8.35. The maximum absolute atomic E-state index is 13.1. The van der Waals surface area contributed by atoms with E-state index in [0.717, 1.165) is 36.8 Å². The molecule has 2 atom stereocenters. The Labute approximate surface area is 187 Å². The second-order valence-corrected chi connectivity index (χ2v) is 9.45. The quantitative estimate of drug-likeness (QED) is 0.527. The van der Waals surface area contributed by atoms with Gasteiger partial charge in [-0.05, 0) is 42.2 Å². The number of carboxylic acid groups (broad SMARTS) is 1. The number of carboxylic acids is 1. The first-order chi connectivity index (χ1) is 14.9. The van der Waals surface area contributed by atoms with E-state index in [2.05, 4.69) is 17.6 Å². The Morgan fingerprint density at radius 3 is 2.61 bits per heavy atom. The Kier molecular flexibility index (Phi) is 7.85. The second kappa shape index (κ2) is 10.6. The number of hydrogen-bond donors (Lipinski definition) is 3. The Balaban J connectivity index is 1.78. The molecule has 0 spiro atoms. The van der Waals surface area contributed by atoms with Crippen LogP contribution >= 0.6 is 11.3 Å². The molecule has 1 aliphatic rings. The first-order valence-corrected chi connectivity index (χ1v) is 11.7. The molecule has 0 saturated heterocycles. The lowest BCUT2D eigenvalue weighted by Gasteiger charge is -2.21. The predicted molar refractivity (Wildman–Crippen MR) is 122 cm³/mol. The number of rotatable bonds is 9. The predicted octanol–water partition coefficient (Wildman–Crippen LogP) is 4.63. The first-order valence-electron chi connectivity index (χ1n) is 10.9. The average Bonchev–Trinajstić information content (AvgIpc) is 3.08. The molecular weight excluding hydrogens is 412 g/mol. The molecule has 2 amide bonds. The summed E-state index contributed by atoms with van der Waals surface area (Å²) in [6.07, 6.45) is 3.96. The van der Waals surface area contributed by atoms with Gasteiger partial charge in [-0.15, -0.1) is 11.3 Å². The summed E-state index contributed by atoms with van der Waals surface area (Å²) >= 11 is 1.49. The molecule has 1 aliphatic carbocycles. The van der Waals surface area contributed by atoms with Gasteiger partial charge >= 0.3 is 5.97 Å². The molecule has 0 aliphatic heterocycles. The van der Waals surface area contributed by atoms with Gasteiger partial charge in [0.2, 0.25) is 5.91 Å². The van der Waals surface area contributed by atoms with Gasteiger partial charge < -0.3 is 15.7 Å². The van der Waals surface area contributed by atoms with E-state index >= 15 is 0 Å². The molecule has 0 unspecified atom stereocenters. The minimum Gasteiger partial charge on any atom is -0.481 e. The van der Waals surface area contributed by atoms with Crippen LogP contribution in [0.4, 0.5) is 5.00 Å². The largest absolute Gasteiger partial charge is 0.481 e. The van der Waals surface area contributed by atoms with E-state index in [0.29, 0.717) is 23.0 Å². The van der Waals surface area contributed by atoms with Crippen LogP contribution in [-0.4, -0.2) is 22.9 Å². The minimum atomic E-state index is -0.918. The van der Waals surface area contributed by atoms with Crippen LogP contribution in [-0.2, 0) is 29.0 Å². The van der Waals surface area contributed by atoms with Gasteiger partial charge in [-0.3, -0.25) is 14.4 Å². The third kappa shape index (κ3) is 6.17. The van der Waals surface area contributed by atoms with Gasteiger partial charge in [-0.25, -0.2) is 0 Å². The van der Waals surface area contributed by atoms with Gasteiger partial charge in [0.25, 0.3) is 5.91 Å². The highest BCUT2D eigenvalue weighted by atomic mass is 32.1. The van der Waals surface area contributed by atoms with Crippen LogP contribution in [0, 0.1) is 11.8 Å². The fourth-order valence-electron chi connectivity index (χ4n) is 4.06. The van der Waals surface area contributed by atoms with E-state index in [-0.39, 0.29) is 30.6 Å². The van der Waals surface area contributed by atoms with E-state index in [4.69, 9.17) is 5.11 Å². The smallest absolute Gasteiger partial charge is 0.303 e. The number of anilines is 1. The normalized spacial score (nSPS) is 16.3. The molecule has 1 heterocycles. The number of hydrogen-bond acceptors (Lipinski definition) is 4.